The molecule has 0 saturated carbocycles. The zero-order valence-electron chi connectivity index (χ0n) is 12.7. The van der Waals surface area contributed by atoms with Crippen molar-refractivity contribution in [3.05, 3.63) is 29.3 Å². The molecule has 1 aromatic rings. The maximum Gasteiger partial charge on any atom is 0.127 e. The predicted octanol–water partition coefficient (Wildman–Crippen LogP) is 2.89. The van der Waals surface area contributed by atoms with E-state index in [1.54, 1.807) is 6.92 Å². The maximum atomic E-state index is 9.57. The molecule has 2 N–H and O–H groups in total. The SMILES string of the molecule is Cc1cccc(CNCC(C)C)c1OC(C)C(C)O. The van der Waals surface area contributed by atoms with Crippen molar-refractivity contribution in [1.29, 1.82) is 0 Å². The van der Waals surface area contributed by atoms with Crippen LogP contribution in [-0.2, 0) is 6.54 Å². The van der Waals surface area contributed by atoms with Crippen LogP contribution in [0.15, 0.2) is 18.2 Å². The lowest BCUT2D eigenvalue weighted by Gasteiger charge is -2.21. The number of nitrogens with one attached hydrogen (secondary N) is 1. The van der Waals surface area contributed by atoms with Crippen molar-refractivity contribution in [2.45, 2.75) is 53.4 Å². The molecule has 3 nitrogen and oxygen atoms in total. The first-order chi connectivity index (χ1) is 8.91. The molecule has 0 heterocycles. The van der Waals surface area contributed by atoms with Crippen molar-refractivity contribution in [2.24, 2.45) is 5.92 Å². The van der Waals surface area contributed by atoms with E-state index in [-0.39, 0.29) is 6.10 Å². The molecule has 0 spiro atoms. The average Bonchev–Trinajstić information content (AvgIpc) is 2.32. The van der Waals surface area contributed by atoms with Crippen LogP contribution in [-0.4, -0.2) is 23.9 Å². The average molecular weight is 265 g/mol. The van der Waals surface area contributed by atoms with Crippen LogP contribution in [0.1, 0.15) is 38.8 Å². The molecule has 1 aromatic carbocycles. The Labute approximate surface area is 117 Å². The Hall–Kier alpha value is -1.06. The fourth-order valence-electron chi connectivity index (χ4n) is 1.80. The Bertz CT molecular complexity index is 388. The highest BCUT2D eigenvalue weighted by Crippen LogP contribution is 2.25. The Morgan fingerprint density at radius 1 is 1.21 bits per heavy atom. The molecule has 2 atom stereocenters. The van der Waals surface area contributed by atoms with Crippen LogP contribution in [0.4, 0.5) is 0 Å². The molecular formula is C16H27NO2. The highest BCUT2D eigenvalue weighted by atomic mass is 16.5. The molecule has 0 bridgehead atoms. The monoisotopic (exact) mass is 265 g/mol. The van der Waals surface area contributed by atoms with Crippen LogP contribution in [0.2, 0.25) is 0 Å². The van der Waals surface area contributed by atoms with Crippen molar-refractivity contribution < 1.29 is 9.84 Å². The standard InChI is InChI=1S/C16H27NO2/c1-11(2)9-17-10-15-8-6-7-12(3)16(15)19-14(5)13(4)18/h6-8,11,13-14,17-18H,9-10H2,1-5H3. The summed E-state index contributed by atoms with van der Waals surface area (Å²) in [5, 5.41) is 13.0. The molecule has 0 aliphatic carbocycles. The van der Waals surface area contributed by atoms with Gasteiger partial charge >= 0.3 is 0 Å². The summed E-state index contributed by atoms with van der Waals surface area (Å²) in [5.74, 6) is 1.53. The summed E-state index contributed by atoms with van der Waals surface area (Å²) in [6, 6.07) is 6.15. The third-order valence-electron chi connectivity index (χ3n) is 3.14. The summed E-state index contributed by atoms with van der Waals surface area (Å²) in [6.07, 6.45) is -0.680. The first-order valence-corrected chi connectivity index (χ1v) is 7.05. The van der Waals surface area contributed by atoms with Gasteiger partial charge in [-0.1, -0.05) is 32.0 Å². The molecule has 0 saturated heterocycles. The summed E-state index contributed by atoms with van der Waals surface area (Å²) >= 11 is 0. The van der Waals surface area contributed by atoms with Gasteiger partial charge in [-0.2, -0.15) is 0 Å². The normalized spacial score (nSPS) is 14.5. The maximum absolute atomic E-state index is 9.57. The second-order valence-corrected chi connectivity index (χ2v) is 5.65. The largest absolute Gasteiger partial charge is 0.487 e. The zero-order chi connectivity index (χ0) is 14.4. The van der Waals surface area contributed by atoms with E-state index in [0.717, 1.165) is 30.0 Å². The van der Waals surface area contributed by atoms with E-state index >= 15 is 0 Å². The number of aryl methyl sites for hydroxylation is 1. The first-order valence-electron chi connectivity index (χ1n) is 7.05. The van der Waals surface area contributed by atoms with E-state index in [2.05, 4.69) is 25.2 Å². The minimum absolute atomic E-state index is 0.204. The van der Waals surface area contributed by atoms with Gasteiger partial charge in [-0.25, -0.2) is 0 Å². The fourth-order valence-corrected chi connectivity index (χ4v) is 1.80. The van der Waals surface area contributed by atoms with Gasteiger partial charge in [0.2, 0.25) is 0 Å². The molecule has 0 fully saturated rings. The van der Waals surface area contributed by atoms with Gasteiger partial charge in [-0.05, 0) is 38.8 Å². The second kappa shape index (κ2) is 7.51. The van der Waals surface area contributed by atoms with Gasteiger partial charge in [0, 0.05) is 12.1 Å². The van der Waals surface area contributed by atoms with Crippen LogP contribution >= 0.6 is 0 Å². The number of aliphatic hydroxyl groups excluding tert-OH is 1. The molecule has 3 heteroatoms. The molecule has 0 radical (unpaired) electrons. The highest BCUT2D eigenvalue weighted by molar-refractivity contribution is 5.40. The van der Waals surface area contributed by atoms with Crippen LogP contribution in [0.5, 0.6) is 5.75 Å². The number of para-hydroxylation sites is 1. The molecule has 0 aromatic heterocycles. The van der Waals surface area contributed by atoms with E-state index in [0.29, 0.717) is 5.92 Å². The Balaban J connectivity index is 2.77. The Kier molecular flexibility index (Phi) is 6.32. The molecular weight excluding hydrogens is 238 g/mol. The summed E-state index contributed by atoms with van der Waals surface area (Å²) in [7, 11) is 0. The number of benzene rings is 1. The van der Waals surface area contributed by atoms with Crippen molar-refractivity contribution in [3.8, 4) is 5.75 Å². The van der Waals surface area contributed by atoms with E-state index < -0.39 is 6.10 Å². The number of ether oxygens (including phenoxy) is 1. The third-order valence-corrected chi connectivity index (χ3v) is 3.14. The topological polar surface area (TPSA) is 41.5 Å². The lowest BCUT2D eigenvalue weighted by atomic mass is 10.1. The second-order valence-electron chi connectivity index (χ2n) is 5.65. The summed E-state index contributed by atoms with van der Waals surface area (Å²) in [5.41, 5.74) is 2.25. The van der Waals surface area contributed by atoms with Crippen LogP contribution < -0.4 is 10.1 Å². The van der Waals surface area contributed by atoms with Crippen molar-refractivity contribution in [1.82, 2.24) is 5.32 Å². The smallest absolute Gasteiger partial charge is 0.127 e. The van der Waals surface area contributed by atoms with Gasteiger partial charge < -0.3 is 15.2 Å². The lowest BCUT2D eigenvalue weighted by Crippen LogP contribution is -2.27. The van der Waals surface area contributed by atoms with Crippen molar-refractivity contribution >= 4 is 0 Å². The minimum Gasteiger partial charge on any atom is -0.487 e. The van der Waals surface area contributed by atoms with Gasteiger partial charge in [0.1, 0.15) is 11.9 Å². The van der Waals surface area contributed by atoms with Gasteiger partial charge in [-0.15, -0.1) is 0 Å². The quantitative estimate of drug-likeness (QED) is 0.796. The number of rotatable bonds is 7. The van der Waals surface area contributed by atoms with Gasteiger partial charge in [0.05, 0.1) is 6.10 Å². The minimum atomic E-state index is -0.476. The van der Waals surface area contributed by atoms with Crippen molar-refractivity contribution in [2.75, 3.05) is 6.54 Å². The Morgan fingerprint density at radius 2 is 1.89 bits per heavy atom. The molecule has 2 unspecified atom stereocenters. The van der Waals surface area contributed by atoms with E-state index in [1.165, 1.54) is 0 Å². The van der Waals surface area contributed by atoms with E-state index in [4.69, 9.17) is 4.74 Å². The molecule has 19 heavy (non-hydrogen) atoms. The number of hydrogen-bond acceptors (Lipinski definition) is 3. The van der Waals surface area contributed by atoms with Crippen LogP contribution in [0, 0.1) is 12.8 Å². The zero-order valence-corrected chi connectivity index (χ0v) is 12.7. The number of hydrogen-bond donors (Lipinski definition) is 2. The molecule has 108 valence electrons. The van der Waals surface area contributed by atoms with E-state index in [9.17, 15) is 5.11 Å². The van der Waals surface area contributed by atoms with Gasteiger partial charge in [0.15, 0.2) is 0 Å². The lowest BCUT2D eigenvalue weighted by molar-refractivity contribution is 0.0593. The predicted molar refractivity (Wildman–Crippen MR) is 79.5 cm³/mol. The van der Waals surface area contributed by atoms with Gasteiger partial charge in [0.25, 0.3) is 0 Å². The first kappa shape index (κ1) is 16.0. The summed E-state index contributed by atoms with van der Waals surface area (Å²) < 4.78 is 5.91. The molecule has 0 aliphatic heterocycles. The van der Waals surface area contributed by atoms with Crippen LogP contribution in [0.3, 0.4) is 0 Å². The molecule has 0 aliphatic rings. The molecule has 1 rings (SSSR count). The van der Waals surface area contributed by atoms with E-state index in [1.807, 2.05) is 26.0 Å². The molecule has 0 amide bonds. The van der Waals surface area contributed by atoms with Gasteiger partial charge in [-0.3, -0.25) is 0 Å². The van der Waals surface area contributed by atoms with Crippen LogP contribution in [0.25, 0.3) is 0 Å². The summed E-state index contributed by atoms with van der Waals surface area (Å²) in [4.78, 5) is 0. The summed E-state index contributed by atoms with van der Waals surface area (Å²) in [6.45, 7) is 11.8. The fraction of sp³-hybridized carbons (Fsp3) is 0.625. The van der Waals surface area contributed by atoms with Crippen molar-refractivity contribution in [3.63, 3.8) is 0 Å². The third kappa shape index (κ3) is 5.21. The number of aliphatic hydroxyl groups is 1. The Morgan fingerprint density at radius 3 is 2.47 bits per heavy atom. The highest BCUT2D eigenvalue weighted by Gasteiger charge is 2.14.